The van der Waals surface area contributed by atoms with Crippen LogP contribution in [0.3, 0.4) is 0 Å². The summed E-state index contributed by atoms with van der Waals surface area (Å²) < 4.78 is 10.2. The van der Waals surface area contributed by atoms with E-state index in [-0.39, 0.29) is 5.76 Å². The number of hydrogen-bond acceptors (Lipinski definition) is 6. The minimum Gasteiger partial charge on any atom is -0.450 e. The Bertz CT molecular complexity index is 967. The fourth-order valence-corrected chi connectivity index (χ4v) is 3.17. The zero-order chi connectivity index (χ0) is 19.2. The summed E-state index contributed by atoms with van der Waals surface area (Å²) in [5, 5.41) is 7.75. The summed E-state index contributed by atoms with van der Waals surface area (Å²) in [6.07, 6.45) is 0.671. The maximum Gasteiger partial charge on any atom is 0.374 e. The Balaban J connectivity index is 1.42. The van der Waals surface area contributed by atoms with Crippen LogP contribution >= 0.6 is 22.9 Å². The minimum absolute atomic E-state index is 0.0551. The zero-order valence-corrected chi connectivity index (χ0v) is 15.6. The molecule has 2 heterocycles. The Morgan fingerprint density at radius 1 is 1.19 bits per heavy atom. The van der Waals surface area contributed by atoms with E-state index in [0.717, 1.165) is 4.88 Å². The van der Waals surface area contributed by atoms with Gasteiger partial charge in [0, 0.05) is 21.8 Å². The normalized spacial score (nSPS) is 10.6. The fourth-order valence-electron chi connectivity index (χ4n) is 2.28. The van der Waals surface area contributed by atoms with Gasteiger partial charge in [-0.25, -0.2) is 9.59 Å². The molecule has 0 bridgehead atoms. The summed E-state index contributed by atoms with van der Waals surface area (Å²) in [7, 11) is 0. The van der Waals surface area contributed by atoms with E-state index < -0.39 is 24.5 Å². The molecule has 0 atom stereocenters. The molecule has 2 aromatic heterocycles. The molecule has 0 saturated carbocycles. The standard InChI is InChI=1S/C18H15ClN2O5S/c19-12-3-4-14-11(8-12)9-15(26-14)17(23)25-10-16(22)21-18(24)20-6-5-13-2-1-7-27-13/h1-4,7-9H,5-6,10H2,(H2,20,21,22,24). The van der Waals surface area contributed by atoms with Crippen molar-refractivity contribution >= 4 is 51.8 Å². The van der Waals surface area contributed by atoms with Crippen LogP contribution in [0.1, 0.15) is 15.4 Å². The molecular weight excluding hydrogens is 392 g/mol. The molecule has 0 aliphatic rings. The van der Waals surface area contributed by atoms with Crippen LogP contribution in [-0.4, -0.2) is 31.1 Å². The molecule has 0 radical (unpaired) electrons. The lowest BCUT2D eigenvalue weighted by molar-refractivity contribution is -0.123. The van der Waals surface area contributed by atoms with Crippen molar-refractivity contribution in [1.82, 2.24) is 10.6 Å². The number of nitrogens with one attached hydrogen (secondary N) is 2. The van der Waals surface area contributed by atoms with Gasteiger partial charge < -0.3 is 14.5 Å². The molecule has 3 aromatic rings. The molecule has 0 spiro atoms. The van der Waals surface area contributed by atoms with Crippen molar-refractivity contribution in [1.29, 1.82) is 0 Å². The predicted molar refractivity (Wildman–Crippen MR) is 101 cm³/mol. The predicted octanol–water partition coefficient (Wildman–Crippen LogP) is 3.37. The molecular formula is C18H15ClN2O5S. The number of benzene rings is 1. The van der Waals surface area contributed by atoms with Crippen LogP contribution in [0.15, 0.2) is 46.2 Å². The molecule has 9 heteroatoms. The van der Waals surface area contributed by atoms with Crippen molar-refractivity contribution in [2.24, 2.45) is 0 Å². The van der Waals surface area contributed by atoms with Crippen molar-refractivity contribution in [3.05, 3.63) is 57.4 Å². The second-order valence-electron chi connectivity index (χ2n) is 5.50. The molecule has 7 nitrogen and oxygen atoms in total. The molecule has 3 rings (SSSR count). The van der Waals surface area contributed by atoms with E-state index in [1.807, 2.05) is 17.5 Å². The smallest absolute Gasteiger partial charge is 0.374 e. The first kappa shape index (κ1) is 18.9. The summed E-state index contributed by atoms with van der Waals surface area (Å²) in [5.41, 5.74) is 0.473. The number of esters is 1. The molecule has 0 fully saturated rings. The number of halogens is 1. The van der Waals surface area contributed by atoms with Crippen LogP contribution in [0, 0.1) is 0 Å². The highest BCUT2D eigenvalue weighted by atomic mass is 35.5. The summed E-state index contributed by atoms with van der Waals surface area (Å²) in [5.74, 6) is -1.60. The van der Waals surface area contributed by atoms with Gasteiger partial charge >= 0.3 is 12.0 Å². The van der Waals surface area contributed by atoms with Gasteiger partial charge in [0.2, 0.25) is 5.76 Å². The van der Waals surface area contributed by atoms with E-state index in [2.05, 4.69) is 10.6 Å². The third-order valence-electron chi connectivity index (χ3n) is 3.50. The van der Waals surface area contributed by atoms with E-state index in [0.29, 0.717) is 29.0 Å². The second-order valence-corrected chi connectivity index (χ2v) is 6.97. The maximum atomic E-state index is 12.0. The first-order valence-corrected chi connectivity index (χ1v) is 9.23. The summed E-state index contributed by atoms with van der Waals surface area (Å²) in [6.45, 7) is -0.212. The molecule has 1 aromatic carbocycles. The lowest BCUT2D eigenvalue weighted by Crippen LogP contribution is -2.42. The number of urea groups is 1. The number of amides is 3. The molecule has 0 unspecified atom stereocenters. The average Bonchev–Trinajstić information content (AvgIpc) is 3.28. The molecule has 0 aliphatic heterocycles. The van der Waals surface area contributed by atoms with Gasteiger partial charge in [-0.3, -0.25) is 10.1 Å². The Labute approximate surface area is 163 Å². The van der Waals surface area contributed by atoms with Crippen LogP contribution in [-0.2, 0) is 16.0 Å². The van der Waals surface area contributed by atoms with Crippen molar-refractivity contribution in [3.8, 4) is 0 Å². The van der Waals surface area contributed by atoms with Gasteiger partial charge in [-0.15, -0.1) is 11.3 Å². The lowest BCUT2D eigenvalue weighted by Gasteiger charge is -2.06. The number of imide groups is 1. The topological polar surface area (TPSA) is 97.6 Å². The fraction of sp³-hybridized carbons (Fsp3) is 0.167. The van der Waals surface area contributed by atoms with E-state index in [1.54, 1.807) is 29.5 Å². The number of ether oxygens (including phenoxy) is 1. The maximum absolute atomic E-state index is 12.0. The molecule has 140 valence electrons. The lowest BCUT2D eigenvalue weighted by atomic mass is 10.2. The second kappa shape index (κ2) is 8.70. The first-order valence-electron chi connectivity index (χ1n) is 7.97. The van der Waals surface area contributed by atoms with E-state index in [9.17, 15) is 14.4 Å². The zero-order valence-electron chi connectivity index (χ0n) is 14.0. The van der Waals surface area contributed by atoms with Crippen LogP contribution < -0.4 is 10.6 Å². The van der Waals surface area contributed by atoms with E-state index in [1.165, 1.54) is 6.07 Å². The van der Waals surface area contributed by atoms with Gasteiger partial charge in [-0.05, 0) is 42.1 Å². The quantitative estimate of drug-likeness (QED) is 0.611. The average molecular weight is 407 g/mol. The Hall–Kier alpha value is -2.84. The third kappa shape index (κ3) is 5.32. The van der Waals surface area contributed by atoms with Gasteiger partial charge in [0.05, 0.1) is 0 Å². The highest BCUT2D eigenvalue weighted by molar-refractivity contribution is 7.09. The largest absolute Gasteiger partial charge is 0.450 e. The van der Waals surface area contributed by atoms with Crippen molar-refractivity contribution in [2.75, 3.05) is 13.2 Å². The summed E-state index contributed by atoms with van der Waals surface area (Å²) in [4.78, 5) is 36.4. The third-order valence-corrected chi connectivity index (χ3v) is 4.68. The summed E-state index contributed by atoms with van der Waals surface area (Å²) in [6, 6.07) is 9.61. The number of fused-ring (bicyclic) bond motifs is 1. The Morgan fingerprint density at radius 3 is 2.81 bits per heavy atom. The monoisotopic (exact) mass is 406 g/mol. The SMILES string of the molecule is O=C(COC(=O)c1cc2cc(Cl)ccc2o1)NC(=O)NCCc1cccs1. The number of furan rings is 1. The highest BCUT2D eigenvalue weighted by Gasteiger charge is 2.16. The molecule has 27 heavy (non-hydrogen) atoms. The van der Waals surface area contributed by atoms with Crippen molar-refractivity contribution in [2.45, 2.75) is 6.42 Å². The van der Waals surface area contributed by atoms with Crippen molar-refractivity contribution in [3.63, 3.8) is 0 Å². The molecule has 0 aliphatic carbocycles. The van der Waals surface area contributed by atoms with E-state index >= 15 is 0 Å². The molecule has 0 saturated heterocycles. The van der Waals surface area contributed by atoms with Gasteiger partial charge in [-0.1, -0.05) is 17.7 Å². The number of carbonyl (C=O) groups is 3. The van der Waals surface area contributed by atoms with Crippen LogP contribution in [0.2, 0.25) is 5.02 Å². The molecule has 3 amide bonds. The van der Waals surface area contributed by atoms with Crippen LogP contribution in [0.4, 0.5) is 4.79 Å². The minimum atomic E-state index is -0.810. The van der Waals surface area contributed by atoms with Gasteiger partial charge in [0.15, 0.2) is 6.61 Å². The number of carbonyl (C=O) groups excluding carboxylic acids is 3. The van der Waals surface area contributed by atoms with E-state index in [4.69, 9.17) is 20.8 Å². The van der Waals surface area contributed by atoms with Crippen LogP contribution in [0.25, 0.3) is 11.0 Å². The Morgan fingerprint density at radius 2 is 2.04 bits per heavy atom. The molecule has 2 N–H and O–H groups in total. The highest BCUT2D eigenvalue weighted by Crippen LogP contribution is 2.23. The number of thiophene rings is 1. The van der Waals surface area contributed by atoms with Gasteiger partial charge in [0.1, 0.15) is 5.58 Å². The van der Waals surface area contributed by atoms with Crippen LogP contribution in [0.5, 0.6) is 0 Å². The van der Waals surface area contributed by atoms with Crippen molar-refractivity contribution < 1.29 is 23.5 Å². The van der Waals surface area contributed by atoms with Gasteiger partial charge in [0.25, 0.3) is 5.91 Å². The summed E-state index contributed by atoms with van der Waals surface area (Å²) >= 11 is 7.46. The first-order chi connectivity index (χ1) is 13.0. The number of rotatable bonds is 6. The Kier molecular flexibility index (Phi) is 6.10. The number of hydrogen-bond donors (Lipinski definition) is 2. The van der Waals surface area contributed by atoms with Gasteiger partial charge in [-0.2, -0.15) is 0 Å².